The number of benzene rings is 1. The van der Waals surface area contributed by atoms with Crippen molar-refractivity contribution in [2.75, 3.05) is 33.9 Å². The molecular formula is C17H26N2O2. The number of likely N-dealkylation sites (N-methyl/N-ethyl adjacent to an activating group) is 1. The lowest BCUT2D eigenvalue weighted by Gasteiger charge is -2.19. The van der Waals surface area contributed by atoms with Gasteiger partial charge in [-0.1, -0.05) is 11.8 Å². The SMILES string of the molecule is COc1ccc(C#CCN)cc1CN(C)CCOC(C)C. The van der Waals surface area contributed by atoms with Crippen LogP contribution in [0.15, 0.2) is 18.2 Å². The van der Waals surface area contributed by atoms with Gasteiger partial charge in [-0.05, 0) is 39.1 Å². The van der Waals surface area contributed by atoms with E-state index in [2.05, 4.69) is 29.9 Å². The molecule has 0 unspecified atom stereocenters. The van der Waals surface area contributed by atoms with Gasteiger partial charge in [0.2, 0.25) is 0 Å². The number of hydrogen-bond donors (Lipinski definition) is 1. The Kier molecular flexibility index (Phi) is 7.84. The second-order valence-electron chi connectivity index (χ2n) is 5.19. The highest BCUT2D eigenvalue weighted by Crippen LogP contribution is 2.21. The molecule has 21 heavy (non-hydrogen) atoms. The Bertz CT molecular complexity index is 489. The van der Waals surface area contributed by atoms with Crippen molar-refractivity contribution in [2.24, 2.45) is 5.73 Å². The quantitative estimate of drug-likeness (QED) is 0.779. The predicted octanol–water partition coefficient (Wildman–Crippen LogP) is 1.86. The first-order valence-electron chi connectivity index (χ1n) is 7.22. The molecule has 1 aromatic carbocycles. The lowest BCUT2D eigenvalue weighted by Crippen LogP contribution is -2.24. The van der Waals surface area contributed by atoms with Crippen molar-refractivity contribution in [3.63, 3.8) is 0 Å². The van der Waals surface area contributed by atoms with E-state index >= 15 is 0 Å². The first kappa shape index (κ1) is 17.5. The third-order valence-corrected chi connectivity index (χ3v) is 2.98. The van der Waals surface area contributed by atoms with E-state index in [-0.39, 0.29) is 6.10 Å². The van der Waals surface area contributed by atoms with Gasteiger partial charge >= 0.3 is 0 Å². The summed E-state index contributed by atoms with van der Waals surface area (Å²) in [4.78, 5) is 2.21. The Hall–Kier alpha value is -1.54. The summed E-state index contributed by atoms with van der Waals surface area (Å²) in [6.45, 7) is 6.85. The third-order valence-electron chi connectivity index (χ3n) is 2.98. The van der Waals surface area contributed by atoms with Gasteiger partial charge in [-0.25, -0.2) is 0 Å². The molecule has 0 heterocycles. The molecule has 0 amide bonds. The Morgan fingerprint density at radius 3 is 2.71 bits per heavy atom. The Balaban J connectivity index is 2.70. The molecule has 0 aliphatic heterocycles. The number of hydrogen-bond acceptors (Lipinski definition) is 4. The highest BCUT2D eigenvalue weighted by atomic mass is 16.5. The number of nitrogens with zero attached hydrogens (tertiary/aromatic N) is 1. The molecule has 0 aliphatic rings. The molecule has 2 N–H and O–H groups in total. The van der Waals surface area contributed by atoms with Crippen molar-refractivity contribution in [1.29, 1.82) is 0 Å². The van der Waals surface area contributed by atoms with Crippen LogP contribution < -0.4 is 10.5 Å². The van der Waals surface area contributed by atoms with Crippen LogP contribution in [-0.2, 0) is 11.3 Å². The minimum absolute atomic E-state index is 0.266. The van der Waals surface area contributed by atoms with E-state index in [0.29, 0.717) is 6.54 Å². The lowest BCUT2D eigenvalue weighted by molar-refractivity contribution is 0.0626. The van der Waals surface area contributed by atoms with E-state index in [1.807, 2.05) is 26.0 Å². The topological polar surface area (TPSA) is 47.7 Å². The Morgan fingerprint density at radius 2 is 2.10 bits per heavy atom. The number of nitrogens with two attached hydrogens (primary N) is 1. The monoisotopic (exact) mass is 290 g/mol. The van der Waals surface area contributed by atoms with Crippen molar-refractivity contribution in [2.45, 2.75) is 26.5 Å². The van der Waals surface area contributed by atoms with Crippen LogP contribution >= 0.6 is 0 Å². The van der Waals surface area contributed by atoms with Crippen molar-refractivity contribution in [3.05, 3.63) is 29.3 Å². The average Bonchev–Trinajstić information content (AvgIpc) is 2.45. The molecule has 0 aliphatic carbocycles. The molecule has 0 saturated heterocycles. The van der Waals surface area contributed by atoms with Crippen molar-refractivity contribution in [3.8, 4) is 17.6 Å². The van der Waals surface area contributed by atoms with Crippen molar-refractivity contribution >= 4 is 0 Å². The van der Waals surface area contributed by atoms with Gasteiger partial charge in [0, 0.05) is 24.2 Å². The zero-order valence-electron chi connectivity index (χ0n) is 13.5. The van der Waals surface area contributed by atoms with Gasteiger partial charge in [0.15, 0.2) is 0 Å². The summed E-state index contributed by atoms with van der Waals surface area (Å²) >= 11 is 0. The fourth-order valence-corrected chi connectivity index (χ4v) is 1.95. The summed E-state index contributed by atoms with van der Waals surface area (Å²) in [5, 5.41) is 0. The van der Waals surface area contributed by atoms with E-state index in [9.17, 15) is 0 Å². The smallest absolute Gasteiger partial charge is 0.123 e. The van der Waals surface area contributed by atoms with Gasteiger partial charge in [-0.15, -0.1) is 0 Å². The second kappa shape index (κ2) is 9.41. The molecule has 0 radical (unpaired) electrons. The first-order chi connectivity index (χ1) is 10.1. The molecule has 0 atom stereocenters. The van der Waals surface area contributed by atoms with Crippen molar-refractivity contribution in [1.82, 2.24) is 4.90 Å². The van der Waals surface area contributed by atoms with Gasteiger partial charge in [0.1, 0.15) is 5.75 Å². The predicted molar refractivity (Wildman–Crippen MR) is 86.3 cm³/mol. The van der Waals surface area contributed by atoms with Crippen LogP contribution in [0.1, 0.15) is 25.0 Å². The second-order valence-corrected chi connectivity index (χ2v) is 5.19. The van der Waals surface area contributed by atoms with E-state index in [1.165, 1.54) is 0 Å². The van der Waals surface area contributed by atoms with Gasteiger partial charge in [0.05, 0.1) is 26.4 Å². The van der Waals surface area contributed by atoms with Crippen LogP contribution in [0.4, 0.5) is 0 Å². The standard InChI is InChI=1S/C17H26N2O2/c1-14(2)21-11-10-19(3)13-16-12-15(6-5-9-18)7-8-17(16)20-4/h7-8,12,14H,9-11,13,18H2,1-4H3. The number of rotatable bonds is 7. The molecule has 0 saturated carbocycles. The molecule has 1 aromatic rings. The Morgan fingerprint density at radius 1 is 1.33 bits per heavy atom. The third kappa shape index (κ3) is 6.63. The summed E-state index contributed by atoms with van der Waals surface area (Å²) in [5.74, 6) is 6.81. The highest BCUT2D eigenvalue weighted by Gasteiger charge is 2.07. The Labute approximate surface area is 128 Å². The maximum Gasteiger partial charge on any atom is 0.123 e. The lowest BCUT2D eigenvalue weighted by atomic mass is 10.1. The zero-order chi connectivity index (χ0) is 15.7. The molecular weight excluding hydrogens is 264 g/mol. The van der Waals surface area contributed by atoms with E-state index < -0.39 is 0 Å². The maximum absolute atomic E-state index is 5.57. The summed E-state index contributed by atoms with van der Waals surface area (Å²) in [5.41, 5.74) is 7.49. The molecule has 0 spiro atoms. The van der Waals surface area contributed by atoms with Crippen LogP contribution in [0.25, 0.3) is 0 Å². The van der Waals surface area contributed by atoms with Gasteiger partial charge in [0.25, 0.3) is 0 Å². The van der Waals surface area contributed by atoms with Crippen molar-refractivity contribution < 1.29 is 9.47 Å². The van der Waals surface area contributed by atoms with Crippen LogP contribution in [0.3, 0.4) is 0 Å². The molecule has 116 valence electrons. The molecule has 4 nitrogen and oxygen atoms in total. The minimum atomic E-state index is 0.266. The van der Waals surface area contributed by atoms with Crippen LogP contribution in [0.2, 0.25) is 0 Å². The summed E-state index contributed by atoms with van der Waals surface area (Å²) in [6.07, 6.45) is 0.266. The van der Waals surface area contributed by atoms with Crippen LogP contribution in [0.5, 0.6) is 5.75 Å². The maximum atomic E-state index is 5.57. The van der Waals surface area contributed by atoms with E-state index in [1.54, 1.807) is 7.11 Å². The van der Waals surface area contributed by atoms with Gasteiger partial charge in [-0.3, -0.25) is 4.90 Å². The summed E-state index contributed by atoms with van der Waals surface area (Å²) < 4.78 is 11.0. The van der Waals surface area contributed by atoms with E-state index in [0.717, 1.165) is 36.6 Å². The summed E-state index contributed by atoms with van der Waals surface area (Å²) in [7, 11) is 3.76. The number of methoxy groups -OCH3 is 1. The zero-order valence-corrected chi connectivity index (χ0v) is 13.5. The fourth-order valence-electron chi connectivity index (χ4n) is 1.95. The molecule has 1 rings (SSSR count). The normalized spacial score (nSPS) is 10.6. The number of ether oxygens (including phenoxy) is 2. The molecule has 0 fully saturated rings. The fraction of sp³-hybridized carbons (Fsp3) is 0.529. The van der Waals surface area contributed by atoms with Gasteiger partial charge < -0.3 is 15.2 Å². The molecule has 4 heteroatoms. The van der Waals surface area contributed by atoms with Gasteiger partial charge in [-0.2, -0.15) is 0 Å². The van der Waals surface area contributed by atoms with Crippen LogP contribution in [0, 0.1) is 11.8 Å². The first-order valence-corrected chi connectivity index (χ1v) is 7.22. The minimum Gasteiger partial charge on any atom is -0.496 e. The van der Waals surface area contributed by atoms with E-state index in [4.69, 9.17) is 15.2 Å². The van der Waals surface area contributed by atoms with Crippen LogP contribution in [-0.4, -0.2) is 44.9 Å². The largest absolute Gasteiger partial charge is 0.496 e. The average molecular weight is 290 g/mol. The highest BCUT2D eigenvalue weighted by molar-refractivity contribution is 5.44. The summed E-state index contributed by atoms with van der Waals surface area (Å²) in [6, 6.07) is 5.96. The molecule has 0 bridgehead atoms. The molecule has 0 aromatic heterocycles.